The number of thiocarbonyl (C=S) groups is 1. The zero-order chi connectivity index (χ0) is 20.1. The first kappa shape index (κ1) is 20.3. The van der Waals surface area contributed by atoms with Crippen LogP contribution in [0.25, 0.3) is 0 Å². The number of ether oxygens (including phenoxy) is 3. The number of cyclic esters (lactones) is 1. The van der Waals surface area contributed by atoms with Crippen LogP contribution >= 0.6 is 12.2 Å². The number of halogens is 1. The Balaban J connectivity index is 1.68. The summed E-state index contributed by atoms with van der Waals surface area (Å²) in [7, 11) is 1.28. The van der Waals surface area contributed by atoms with Gasteiger partial charge in [-0.3, -0.25) is 9.69 Å². The maximum absolute atomic E-state index is 14.7. The summed E-state index contributed by atoms with van der Waals surface area (Å²) in [4.78, 5) is 27.0. The van der Waals surface area contributed by atoms with Crippen molar-refractivity contribution in [1.29, 1.82) is 0 Å². The van der Waals surface area contributed by atoms with Crippen LogP contribution in [0.2, 0.25) is 0 Å². The molecule has 1 aromatic carbocycles. The Hall–Kier alpha value is -2.46. The maximum atomic E-state index is 14.7. The molecule has 0 aromatic heterocycles. The van der Waals surface area contributed by atoms with Crippen molar-refractivity contribution in [2.75, 3.05) is 56.4 Å². The number of carbonyl (C=O) groups excluding carboxylic acids is 2. The minimum Gasteiger partial charge on any atom is -0.469 e. The van der Waals surface area contributed by atoms with Gasteiger partial charge in [0.05, 0.1) is 49.1 Å². The molecular weight excluding hydrogens is 389 g/mol. The molecule has 1 N–H and O–H groups in total. The molecule has 1 atom stereocenters. The van der Waals surface area contributed by atoms with E-state index in [1.54, 1.807) is 12.1 Å². The molecule has 2 aliphatic rings. The minimum absolute atomic E-state index is 0.0454. The monoisotopic (exact) mass is 411 g/mol. The third-order valence-electron chi connectivity index (χ3n) is 4.59. The largest absolute Gasteiger partial charge is 0.469 e. The fraction of sp³-hybridized carbons (Fsp3) is 0.500. The molecule has 2 heterocycles. The summed E-state index contributed by atoms with van der Waals surface area (Å²) in [5.41, 5.74) is 0.885. The molecule has 0 bridgehead atoms. The Bertz CT molecular complexity index is 757. The van der Waals surface area contributed by atoms with Gasteiger partial charge in [0.1, 0.15) is 12.4 Å². The quantitative estimate of drug-likeness (QED) is 0.557. The molecule has 2 fully saturated rings. The highest BCUT2D eigenvalue weighted by molar-refractivity contribution is 7.80. The zero-order valence-electron chi connectivity index (χ0n) is 15.5. The number of carbonyl (C=O) groups is 2. The van der Waals surface area contributed by atoms with Gasteiger partial charge in [-0.15, -0.1) is 0 Å². The molecule has 0 spiro atoms. The average Bonchev–Trinajstić information content (AvgIpc) is 3.07. The zero-order valence-corrected chi connectivity index (χ0v) is 16.3. The van der Waals surface area contributed by atoms with E-state index in [1.807, 2.05) is 4.90 Å². The molecule has 1 aromatic rings. The molecule has 0 unspecified atom stereocenters. The summed E-state index contributed by atoms with van der Waals surface area (Å²) in [6, 6.07) is 4.31. The molecule has 3 rings (SSSR count). The highest BCUT2D eigenvalue weighted by Crippen LogP contribution is 2.29. The number of morpholine rings is 1. The lowest BCUT2D eigenvalue weighted by atomic mass is 10.2. The van der Waals surface area contributed by atoms with Gasteiger partial charge in [0.2, 0.25) is 0 Å². The van der Waals surface area contributed by atoms with E-state index in [1.165, 1.54) is 18.1 Å². The van der Waals surface area contributed by atoms with Crippen molar-refractivity contribution in [2.24, 2.45) is 0 Å². The van der Waals surface area contributed by atoms with Crippen LogP contribution in [0.15, 0.2) is 18.2 Å². The summed E-state index contributed by atoms with van der Waals surface area (Å²) in [6.07, 6.45) is -0.597. The van der Waals surface area contributed by atoms with Crippen LogP contribution in [0.3, 0.4) is 0 Å². The molecular formula is C18H22FN3O5S. The minimum atomic E-state index is -0.552. The number of amides is 1. The Morgan fingerprint density at radius 2 is 2.14 bits per heavy atom. The summed E-state index contributed by atoms with van der Waals surface area (Å²) >= 11 is 5.09. The van der Waals surface area contributed by atoms with Crippen LogP contribution in [0, 0.1) is 5.82 Å². The van der Waals surface area contributed by atoms with E-state index in [-0.39, 0.29) is 25.6 Å². The number of hydrogen-bond acceptors (Lipinski definition) is 7. The van der Waals surface area contributed by atoms with Gasteiger partial charge >= 0.3 is 12.1 Å². The third-order valence-corrected chi connectivity index (χ3v) is 4.88. The van der Waals surface area contributed by atoms with Crippen molar-refractivity contribution >= 4 is 40.6 Å². The molecule has 1 amide bonds. The second-order valence-electron chi connectivity index (χ2n) is 6.39. The van der Waals surface area contributed by atoms with Crippen molar-refractivity contribution in [3.8, 4) is 0 Å². The van der Waals surface area contributed by atoms with Gasteiger partial charge < -0.3 is 24.4 Å². The van der Waals surface area contributed by atoms with Gasteiger partial charge in [-0.2, -0.15) is 0 Å². The fourth-order valence-electron chi connectivity index (χ4n) is 3.13. The first-order valence-corrected chi connectivity index (χ1v) is 9.32. The lowest BCUT2D eigenvalue weighted by Crippen LogP contribution is -2.43. The SMILES string of the molecule is COC(=O)CC(=S)NC[C@H]1COC(=O)N1c1ccc(N2CCOCC2)c(F)c1. The molecule has 0 radical (unpaired) electrons. The molecule has 2 saturated heterocycles. The Morgan fingerprint density at radius 3 is 2.82 bits per heavy atom. The van der Waals surface area contributed by atoms with E-state index in [2.05, 4.69) is 10.1 Å². The summed E-state index contributed by atoms with van der Waals surface area (Å²) in [5.74, 6) is -0.860. The average molecular weight is 411 g/mol. The fourth-order valence-corrected chi connectivity index (χ4v) is 3.33. The third kappa shape index (κ3) is 4.68. The van der Waals surface area contributed by atoms with E-state index in [0.29, 0.717) is 42.7 Å². The lowest BCUT2D eigenvalue weighted by molar-refractivity contribution is -0.139. The van der Waals surface area contributed by atoms with Gasteiger partial charge in [-0.05, 0) is 18.2 Å². The van der Waals surface area contributed by atoms with Crippen molar-refractivity contribution < 1.29 is 28.2 Å². The van der Waals surface area contributed by atoms with Crippen molar-refractivity contribution in [3.05, 3.63) is 24.0 Å². The van der Waals surface area contributed by atoms with Crippen LogP contribution < -0.4 is 15.1 Å². The number of nitrogens with one attached hydrogen (secondary N) is 1. The van der Waals surface area contributed by atoms with Gasteiger partial charge in [0.25, 0.3) is 0 Å². The number of benzene rings is 1. The summed E-state index contributed by atoms with van der Waals surface area (Å²) in [6.45, 7) is 2.75. The molecule has 8 nitrogen and oxygen atoms in total. The van der Waals surface area contributed by atoms with Crippen LogP contribution in [0.5, 0.6) is 0 Å². The van der Waals surface area contributed by atoms with Crippen LogP contribution in [-0.2, 0) is 19.0 Å². The molecule has 0 saturated carbocycles. The number of esters is 1. The Morgan fingerprint density at radius 1 is 1.39 bits per heavy atom. The van der Waals surface area contributed by atoms with Crippen molar-refractivity contribution in [1.82, 2.24) is 5.32 Å². The molecule has 0 aliphatic carbocycles. The van der Waals surface area contributed by atoms with Gasteiger partial charge in [0, 0.05) is 19.6 Å². The Kier molecular flexibility index (Phi) is 6.63. The van der Waals surface area contributed by atoms with E-state index < -0.39 is 17.9 Å². The second-order valence-corrected chi connectivity index (χ2v) is 6.89. The Labute approximate surface area is 167 Å². The predicted octanol–water partition coefficient (Wildman–Crippen LogP) is 1.47. The number of nitrogens with zero attached hydrogens (tertiary/aromatic N) is 2. The van der Waals surface area contributed by atoms with Crippen molar-refractivity contribution in [2.45, 2.75) is 12.5 Å². The number of rotatable bonds is 6. The lowest BCUT2D eigenvalue weighted by Gasteiger charge is -2.30. The first-order valence-electron chi connectivity index (χ1n) is 8.91. The van der Waals surface area contributed by atoms with E-state index >= 15 is 0 Å². The van der Waals surface area contributed by atoms with E-state index in [4.69, 9.17) is 21.7 Å². The standard InChI is InChI=1S/C18H22FN3O5S/c1-25-17(23)9-16(28)20-10-13-11-27-18(24)22(13)12-2-3-15(14(19)8-12)21-4-6-26-7-5-21/h2-3,8,13H,4-7,9-11H2,1H3,(H,20,28)/t13-/m0/s1. The molecule has 28 heavy (non-hydrogen) atoms. The number of hydrogen-bond donors (Lipinski definition) is 1. The van der Waals surface area contributed by atoms with Crippen molar-refractivity contribution in [3.63, 3.8) is 0 Å². The summed E-state index contributed by atoms with van der Waals surface area (Å²) < 4.78 is 29.7. The van der Waals surface area contributed by atoms with Gasteiger partial charge in [0.15, 0.2) is 0 Å². The normalized spacial score (nSPS) is 19.4. The number of anilines is 2. The van der Waals surface area contributed by atoms with Gasteiger partial charge in [-0.25, -0.2) is 9.18 Å². The molecule has 152 valence electrons. The predicted molar refractivity (Wildman–Crippen MR) is 104 cm³/mol. The van der Waals surface area contributed by atoms with Gasteiger partial charge in [-0.1, -0.05) is 12.2 Å². The van der Waals surface area contributed by atoms with E-state index in [9.17, 15) is 14.0 Å². The molecule has 2 aliphatic heterocycles. The maximum Gasteiger partial charge on any atom is 0.414 e. The smallest absolute Gasteiger partial charge is 0.414 e. The van der Waals surface area contributed by atoms with Crippen LogP contribution in [-0.4, -0.2) is 69.7 Å². The summed E-state index contributed by atoms with van der Waals surface area (Å²) in [5, 5.41) is 2.93. The molecule has 10 heteroatoms. The first-order chi connectivity index (χ1) is 13.5. The van der Waals surface area contributed by atoms with Crippen LogP contribution in [0.1, 0.15) is 6.42 Å². The highest BCUT2D eigenvalue weighted by Gasteiger charge is 2.35. The van der Waals surface area contributed by atoms with E-state index in [0.717, 1.165) is 0 Å². The highest BCUT2D eigenvalue weighted by atomic mass is 32.1. The van der Waals surface area contributed by atoms with Crippen LogP contribution in [0.4, 0.5) is 20.6 Å². The topological polar surface area (TPSA) is 80.3 Å². The number of methoxy groups -OCH3 is 1. The second kappa shape index (κ2) is 9.16.